The molecule has 130 valence electrons. The van der Waals surface area contributed by atoms with Crippen LogP contribution in [-0.4, -0.2) is 27.4 Å². The number of para-hydroxylation sites is 1. The molecule has 3 aromatic rings. The van der Waals surface area contributed by atoms with Gasteiger partial charge in [0.05, 0.1) is 23.3 Å². The van der Waals surface area contributed by atoms with Gasteiger partial charge in [0.15, 0.2) is 0 Å². The fourth-order valence-corrected chi connectivity index (χ4v) is 3.65. The maximum absolute atomic E-state index is 12.6. The number of thiophene rings is 1. The van der Waals surface area contributed by atoms with Gasteiger partial charge in [0.2, 0.25) is 5.91 Å². The van der Waals surface area contributed by atoms with Gasteiger partial charge in [-0.05, 0) is 36.9 Å². The summed E-state index contributed by atoms with van der Waals surface area (Å²) in [5.41, 5.74) is 1.59. The normalized spacial score (nSPS) is 12.3. The van der Waals surface area contributed by atoms with Gasteiger partial charge in [0, 0.05) is 24.9 Å². The molecule has 2 aromatic heterocycles. The predicted molar refractivity (Wildman–Crippen MR) is 101 cm³/mol. The molecule has 0 N–H and O–H groups in total. The van der Waals surface area contributed by atoms with Gasteiger partial charge in [-0.2, -0.15) is 0 Å². The second kappa shape index (κ2) is 7.19. The molecule has 1 atom stereocenters. The quantitative estimate of drug-likeness (QED) is 0.705. The average Bonchev–Trinajstić information content (AvgIpc) is 3.15. The summed E-state index contributed by atoms with van der Waals surface area (Å²) >= 11 is 1.64. The summed E-state index contributed by atoms with van der Waals surface area (Å²) in [7, 11) is 1.80. The van der Waals surface area contributed by atoms with E-state index in [0.29, 0.717) is 11.9 Å². The number of aromatic nitrogens is 2. The summed E-state index contributed by atoms with van der Waals surface area (Å²) in [6, 6.07) is 9.61. The minimum atomic E-state index is -0.101. The summed E-state index contributed by atoms with van der Waals surface area (Å²) in [5.74, 6) is 0.0112. The zero-order chi connectivity index (χ0) is 18.0. The Kier molecular flexibility index (Phi) is 4.99. The third kappa shape index (κ3) is 3.49. The number of carbonyl (C=O) groups excluding carboxylic acids is 1. The molecule has 1 amide bonds. The van der Waals surface area contributed by atoms with Crippen molar-refractivity contribution < 1.29 is 4.79 Å². The Morgan fingerprint density at radius 3 is 2.84 bits per heavy atom. The molecule has 0 aliphatic carbocycles. The van der Waals surface area contributed by atoms with Crippen molar-refractivity contribution in [2.45, 2.75) is 32.9 Å². The lowest BCUT2D eigenvalue weighted by atomic mass is 10.1. The van der Waals surface area contributed by atoms with Crippen molar-refractivity contribution in [3.63, 3.8) is 0 Å². The van der Waals surface area contributed by atoms with E-state index in [1.165, 1.54) is 10.9 Å². The van der Waals surface area contributed by atoms with E-state index in [-0.39, 0.29) is 23.9 Å². The summed E-state index contributed by atoms with van der Waals surface area (Å²) in [5, 5.41) is 2.60. The van der Waals surface area contributed by atoms with E-state index in [0.717, 1.165) is 16.0 Å². The van der Waals surface area contributed by atoms with E-state index in [1.807, 2.05) is 43.5 Å². The second-order valence-corrected chi connectivity index (χ2v) is 7.14. The van der Waals surface area contributed by atoms with Crippen LogP contribution in [0.1, 0.15) is 29.8 Å². The van der Waals surface area contributed by atoms with Crippen LogP contribution < -0.4 is 5.56 Å². The molecule has 1 unspecified atom stereocenters. The van der Waals surface area contributed by atoms with Gasteiger partial charge in [0.25, 0.3) is 5.56 Å². The van der Waals surface area contributed by atoms with Crippen molar-refractivity contribution in [2.75, 3.05) is 7.05 Å². The topological polar surface area (TPSA) is 55.2 Å². The first kappa shape index (κ1) is 17.4. The number of aryl methyl sites for hydroxylation is 2. The van der Waals surface area contributed by atoms with Gasteiger partial charge >= 0.3 is 0 Å². The molecular weight excluding hydrogens is 334 g/mol. The largest absolute Gasteiger partial charge is 0.338 e. The van der Waals surface area contributed by atoms with Crippen molar-refractivity contribution in [3.05, 3.63) is 62.8 Å². The SMILES string of the molecule is Cc1cccc2c(=O)n(CCC(=O)N(C)C(C)c3cccs3)cnc12. The molecule has 1 aromatic carbocycles. The molecule has 3 rings (SSSR count). The number of fused-ring (bicyclic) bond motifs is 1. The monoisotopic (exact) mass is 355 g/mol. The summed E-state index contributed by atoms with van der Waals surface area (Å²) < 4.78 is 1.52. The van der Waals surface area contributed by atoms with Crippen LogP contribution in [-0.2, 0) is 11.3 Å². The van der Waals surface area contributed by atoms with Crippen molar-refractivity contribution >= 4 is 28.1 Å². The minimum Gasteiger partial charge on any atom is -0.338 e. The molecule has 2 heterocycles. The van der Waals surface area contributed by atoms with Crippen LogP contribution in [0.25, 0.3) is 10.9 Å². The van der Waals surface area contributed by atoms with E-state index in [2.05, 4.69) is 4.98 Å². The number of amides is 1. The number of rotatable bonds is 5. The predicted octanol–water partition coefficient (Wildman–Crippen LogP) is 3.38. The Balaban J connectivity index is 1.73. The minimum absolute atomic E-state index is 0.0112. The fourth-order valence-electron chi connectivity index (χ4n) is 2.83. The van der Waals surface area contributed by atoms with Crippen LogP contribution in [0.5, 0.6) is 0 Å². The molecule has 0 fully saturated rings. The maximum Gasteiger partial charge on any atom is 0.261 e. The van der Waals surface area contributed by atoms with Crippen molar-refractivity contribution in [2.24, 2.45) is 0 Å². The van der Waals surface area contributed by atoms with Gasteiger partial charge in [-0.15, -0.1) is 11.3 Å². The molecule has 0 radical (unpaired) electrons. The zero-order valence-corrected chi connectivity index (χ0v) is 15.4. The Morgan fingerprint density at radius 2 is 2.12 bits per heavy atom. The molecule has 0 aliphatic rings. The lowest BCUT2D eigenvalue weighted by Gasteiger charge is -2.24. The van der Waals surface area contributed by atoms with E-state index < -0.39 is 0 Å². The van der Waals surface area contributed by atoms with Crippen molar-refractivity contribution in [1.29, 1.82) is 0 Å². The molecule has 25 heavy (non-hydrogen) atoms. The highest BCUT2D eigenvalue weighted by atomic mass is 32.1. The molecule has 0 bridgehead atoms. The van der Waals surface area contributed by atoms with E-state index in [9.17, 15) is 9.59 Å². The Morgan fingerprint density at radius 1 is 1.32 bits per heavy atom. The molecular formula is C19H21N3O2S. The van der Waals surface area contributed by atoms with Crippen LogP contribution in [0.3, 0.4) is 0 Å². The third-order valence-corrected chi connectivity index (χ3v) is 5.59. The molecule has 0 saturated carbocycles. The van der Waals surface area contributed by atoms with E-state index in [1.54, 1.807) is 29.4 Å². The Hall–Kier alpha value is -2.47. The third-order valence-electron chi connectivity index (χ3n) is 4.55. The molecule has 0 spiro atoms. The number of hydrogen-bond donors (Lipinski definition) is 0. The summed E-state index contributed by atoms with van der Waals surface area (Å²) in [4.78, 5) is 32.3. The highest BCUT2D eigenvalue weighted by molar-refractivity contribution is 7.10. The van der Waals surface area contributed by atoms with E-state index in [4.69, 9.17) is 0 Å². The zero-order valence-electron chi connectivity index (χ0n) is 14.6. The standard InChI is InChI=1S/C19H21N3O2S/c1-13-6-4-7-15-18(13)20-12-22(19(15)24)10-9-17(23)21(3)14(2)16-8-5-11-25-16/h4-8,11-12,14H,9-10H2,1-3H3. The van der Waals surface area contributed by atoms with E-state index >= 15 is 0 Å². The van der Waals surface area contributed by atoms with Crippen molar-refractivity contribution in [3.8, 4) is 0 Å². The van der Waals surface area contributed by atoms with Crippen LogP contribution in [0.4, 0.5) is 0 Å². The van der Waals surface area contributed by atoms with Gasteiger partial charge in [-0.1, -0.05) is 18.2 Å². The lowest BCUT2D eigenvalue weighted by molar-refractivity contribution is -0.132. The van der Waals surface area contributed by atoms with Gasteiger partial charge in [-0.3, -0.25) is 14.2 Å². The summed E-state index contributed by atoms with van der Waals surface area (Å²) in [6.07, 6.45) is 1.80. The van der Waals surface area contributed by atoms with Crippen LogP contribution in [0, 0.1) is 6.92 Å². The molecule has 6 heteroatoms. The van der Waals surface area contributed by atoms with Gasteiger partial charge < -0.3 is 4.90 Å². The number of hydrogen-bond acceptors (Lipinski definition) is 4. The fraction of sp³-hybridized carbons (Fsp3) is 0.316. The van der Waals surface area contributed by atoms with Gasteiger partial charge in [-0.25, -0.2) is 4.98 Å². The maximum atomic E-state index is 12.6. The smallest absolute Gasteiger partial charge is 0.261 e. The first-order valence-electron chi connectivity index (χ1n) is 8.23. The van der Waals surface area contributed by atoms with Crippen LogP contribution >= 0.6 is 11.3 Å². The van der Waals surface area contributed by atoms with Crippen LogP contribution in [0.15, 0.2) is 46.8 Å². The van der Waals surface area contributed by atoms with Gasteiger partial charge in [0.1, 0.15) is 0 Å². The van der Waals surface area contributed by atoms with Crippen LogP contribution in [0.2, 0.25) is 0 Å². The molecule has 5 nitrogen and oxygen atoms in total. The number of benzene rings is 1. The number of nitrogens with zero attached hydrogens (tertiary/aromatic N) is 3. The first-order valence-corrected chi connectivity index (χ1v) is 9.11. The highest BCUT2D eigenvalue weighted by Crippen LogP contribution is 2.23. The second-order valence-electron chi connectivity index (χ2n) is 6.16. The summed E-state index contributed by atoms with van der Waals surface area (Å²) in [6.45, 7) is 4.27. The highest BCUT2D eigenvalue weighted by Gasteiger charge is 2.18. The molecule has 0 aliphatic heterocycles. The van der Waals surface area contributed by atoms with Crippen molar-refractivity contribution in [1.82, 2.24) is 14.5 Å². The first-order chi connectivity index (χ1) is 12.0. The average molecular weight is 355 g/mol. The number of carbonyl (C=O) groups is 1. The molecule has 0 saturated heterocycles. The Bertz CT molecular complexity index is 947. The Labute approximate surface area is 150 Å². The lowest BCUT2D eigenvalue weighted by Crippen LogP contribution is -2.31.